The summed E-state index contributed by atoms with van der Waals surface area (Å²) in [7, 11) is 0. The Balaban J connectivity index is 2.32. The zero-order valence-corrected chi connectivity index (χ0v) is 12.0. The molecule has 0 radical (unpaired) electrons. The highest BCUT2D eigenvalue weighted by Gasteiger charge is 2.10. The van der Waals surface area contributed by atoms with Crippen LogP contribution in [0, 0.1) is 5.92 Å². The van der Waals surface area contributed by atoms with Crippen LogP contribution in [-0.2, 0) is 12.2 Å². The van der Waals surface area contributed by atoms with E-state index in [9.17, 15) is 0 Å². The molecule has 1 unspecified atom stereocenters. The van der Waals surface area contributed by atoms with E-state index in [1.165, 1.54) is 0 Å². The number of aromatic nitrogens is 2. The molecule has 0 saturated carbocycles. The molecule has 0 saturated heterocycles. The molecule has 1 rings (SSSR count). The number of nitrogens with one attached hydrogen (secondary N) is 1. The van der Waals surface area contributed by atoms with Crippen molar-refractivity contribution in [3.8, 4) is 0 Å². The van der Waals surface area contributed by atoms with Gasteiger partial charge in [0.1, 0.15) is 0 Å². The lowest BCUT2D eigenvalue weighted by Crippen LogP contribution is -2.27. The van der Waals surface area contributed by atoms with Crippen molar-refractivity contribution in [3.63, 3.8) is 0 Å². The molecule has 1 aromatic heterocycles. The Kier molecular flexibility index (Phi) is 6.58. The summed E-state index contributed by atoms with van der Waals surface area (Å²) in [5, 5.41) is 7.32. The van der Waals surface area contributed by atoms with E-state index in [0.29, 0.717) is 12.0 Å². The minimum atomic E-state index is 0.386. The third-order valence-electron chi connectivity index (χ3n) is 2.23. The second kappa shape index (κ2) is 7.71. The molecule has 0 aliphatic carbocycles. The van der Waals surface area contributed by atoms with E-state index < -0.39 is 0 Å². The van der Waals surface area contributed by atoms with Crippen molar-refractivity contribution in [1.82, 2.24) is 15.5 Å². The lowest BCUT2D eigenvalue weighted by molar-refractivity contribution is 0.359. The Morgan fingerprint density at radius 1 is 1.35 bits per heavy atom. The molecular weight excluding hydrogens is 234 g/mol. The molecule has 1 atom stereocenters. The average molecular weight is 257 g/mol. The SMILES string of the molecule is CCNC(C)Cc1nc(CSCC(C)C)no1. The summed E-state index contributed by atoms with van der Waals surface area (Å²) >= 11 is 1.86. The van der Waals surface area contributed by atoms with Crippen LogP contribution in [0.3, 0.4) is 0 Å². The zero-order chi connectivity index (χ0) is 12.7. The van der Waals surface area contributed by atoms with Crippen molar-refractivity contribution in [3.05, 3.63) is 11.7 Å². The van der Waals surface area contributed by atoms with Gasteiger partial charge >= 0.3 is 0 Å². The van der Waals surface area contributed by atoms with E-state index in [1.54, 1.807) is 0 Å². The molecule has 5 heteroatoms. The number of rotatable bonds is 8. The largest absolute Gasteiger partial charge is 0.339 e. The summed E-state index contributed by atoms with van der Waals surface area (Å²) in [6.45, 7) is 9.62. The number of hydrogen-bond acceptors (Lipinski definition) is 5. The van der Waals surface area contributed by atoms with Gasteiger partial charge in [-0.05, 0) is 25.1 Å². The van der Waals surface area contributed by atoms with E-state index in [0.717, 1.165) is 36.2 Å². The van der Waals surface area contributed by atoms with Crippen molar-refractivity contribution in [2.75, 3.05) is 12.3 Å². The molecule has 0 spiro atoms. The summed E-state index contributed by atoms with van der Waals surface area (Å²) in [6, 6.07) is 0.386. The van der Waals surface area contributed by atoms with E-state index in [2.05, 4.69) is 43.2 Å². The predicted molar refractivity (Wildman–Crippen MR) is 72.1 cm³/mol. The van der Waals surface area contributed by atoms with Gasteiger partial charge in [-0.15, -0.1) is 0 Å². The first-order chi connectivity index (χ1) is 8.11. The maximum Gasteiger partial charge on any atom is 0.228 e. The lowest BCUT2D eigenvalue weighted by Gasteiger charge is -2.07. The normalized spacial score (nSPS) is 13.2. The Morgan fingerprint density at radius 3 is 2.76 bits per heavy atom. The molecular formula is C12H23N3OS. The van der Waals surface area contributed by atoms with Crippen molar-refractivity contribution < 1.29 is 4.52 Å². The molecule has 0 aliphatic rings. The van der Waals surface area contributed by atoms with Crippen LogP contribution in [0.4, 0.5) is 0 Å². The first-order valence-electron chi connectivity index (χ1n) is 6.24. The van der Waals surface area contributed by atoms with Gasteiger partial charge in [0.25, 0.3) is 0 Å². The van der Waals surface area contributed by atoms with Crippen LogP contribution in [0.2, 0.25) is 0 Å². The Bertz CT molecular complexity index is 314. The summed E-state index contributed by atoms with van der Waals surface area (Å²) in [6.07, 6.45) is 0.801. The van der Waals surface area contributed by atoms with Gasteiger partial charge in [-0.25, -0.2) is 0 Å². The van der Waals surface area contributed by atoms with E-state index in [1.807, 2.05) is 11.8 Å². The van der Waals surface area contributed by atoms with Gasteiger partial charge < -0.3 is 9.84 Å². The second-order valence-electron chi connectivity index (χ2n) is 4.68. The summed E-state index contributed by atoms with van der Waals surface area (Å²) < 4.78 is 5.22. The molecule has 0 fully saturated rings. The van der Waals surface area contributed by atoms with Crippen LogP contribution in [0.5, 0.6) is 0 Å². The smallest absolute Gasteiger partial charge is 0.228 e. The van der Waals surface area contributed by atoms with Gasteiger partial charge in [0.05, 0.1) is 5.75 Å². The monoisotopic (exact) mass is 257 g/mol. The van der Waals surface area contributed by atoms with Crippen LogP contribution >= 0.6 is 11.8 Å². The van der Waals surface area contributed by atoms with Crippen LogP contribution in [-0.4, -0.2) is 28.5 Å². The molecule has 0 amide bonds. The van der Waals surface area contributed by atoms with Gasteiger partial charge in [0.15, 0.2) is 5.82 Å². The van der Waals surface area contributed by atoms with E-state index >= 15 is 0 Å². The topological polar surface area (TPSA) is 51.0 Å². The fourth-order valence-corrected chi connectivity index (χ4v) is 2.39. The summed E-state index contributed by atoms with van der Waals surface area (Å²) in [4.78, 5) is 4.39. The standard InChI is InChI=1S/C12H23N3OS/c1-5-13-10(4)6-12-14-11(15-16-12)8-17-7-9(2)3/h9-10,13H,5-8H2,1-4H3. The van der Waals surface area contributed by atoms with Crippen molar-refractivity contribution in [2.24, 2.45) is 5.92 Å². The van der Waals surface area contributed by atoms with Gasteiger partial charge in [-0.1, -0.05) is 25.9 Å². The first kappa shape index (κ1) is 14.5. The Hall–Kier alpha value is -0.550. The summed E-state index contributed by atoms with van der Waals surface area (Å²) in [5.74, 6) is 4.24. The van der Waals surface area contributed by atoms with Crippen LogP contribution in [0.1, 0.15) is 39.4 Å². The first-order valence-corrected chi connectivity index (χ1v) is 7.39. The third kappa shape index (κ3) is 6.07. The van der Waals surface area contributed by atoms with E-state index in [-0.39, 0.29) is 0 Å². The summed E-state index contributed by atoms with van der Waals surface area (Å²) in [5.41, 5.74) is 0. The highest BCUT2D eigenvalue weighted by molar-refractivity contribution is 7.98. The maximum atomic E-state index is 5.22. The molecule has 4 nitrogen and oxygen atoms in total. The van der Waals surface area contributed by atoms with Crippen LogP contribution in [0.15, 0.2) is 4.52 Å². The van der Waals surface area contributed by atoms with Crippen molar-refractivity contribution in [2.45, 2.75) is 45.9 Å². The molecule has 17 heavy (non-hydrogen) atoms. The van der Waals surface area contributed by atoms with Gasteiger partial charge in [0.2, 0.25) is 5.89 Å². The molecule has 0 bridgehead atoms. The Morgan fingerprint density at radius 2 is 2.12 bits per heavy atom. The quantitative estimate of drug-likeness (QED) is 0.775. The number of nitrogens with zero attached hydrogens (tertiary/aromatic N) is 2. The molecule has 1 N–H and O–H groups in total. The number of hydrogen-bond donors (Lipinski definition) is 1. The highest BCUT2D eigenvalue weighted by atomic mass is 32.2. The fourth-order valence-electron chi connectivity index (χ4n) is 1.50. The van der Waals surface area contributed by atoms with Gasteiger partial charge in [0, 0.05) is 12.5 Å². The number of thioether (sulfide) groups is 1. The Labute approximate surface area is 108 Å². The molecule has 98 valence electrons. The highest BCUT2D eigenvalue weighted by Crippen LogP contribution is 2.13. The second-order valence-corrected chi connectivity index (χ2v) is 5.71. The van der Waals surface area contributed by atoms with Gasteiger partial charge in [-0.2, -0.15) is 16.7 Å². The predicted octanol–water partition coefficient (Wildman–Crippen LogP) is 2.50. The fraction of sp³-hybridized carbons (Fsp3) is 0.833. The minimum Gasteiger partial charge on any atom is -0.339 e. The average Bonchev–Trinajstić information content (AvgIpc) is 2.65. The van der Waals surface area contributed by atoms with Gasteiger partial charge in [-0.3, -0.25) is 0 Å². The lowest BCUT2D eigenvalue weighted by atomic mass is 10.2. The van der Waals surface area contributed by atoms with Crippen molar-refractivity contribution in [1.29, 1.82) is 0 Å². The zero-order valence-electron chi connectivity index (χ0n) is 11.2. The van der Waals surface area contributed by atoms with Crippen molar-refractivity contribution >= 4 is 11.8 Å². The molecule has 0 aromatic carbocycles. The number of likely N-dealkylation sites (N-methyl/N-ethyl adjacent to an activating group) is 1. The third-order valence-corrected chi connectivity index (χ3v) is 3.59. The van der Waals surface area contributed by atoms with E-state index in [4.69, 9.17) is 4.52 Å². The van der Waals surface area contributed by atoms with Crippen LogP contribution < -0.4 is 5.32 Å². The maximum absolute atomic E-state index is 5.22. The molecule has 1 aromatic rings. The van der Waals surface area contributed by atoms with Crippen LogP contribution in [0.25, 0.3) is 0 Å². The minimum absolute atomic E-state index is 0.386. The molecule has 0 aliphatic heterocycles. The molecule has 1 heterocycles.